The Balaban J connectivity index is 1.84. The van der Waals surface area contributed by atoms with Crippen LogP contribution in [0.4, 0.5) is 4.79 Å². The molecule has 1 aromatic heterocycles. The summed E-state index contributed by atoms with van der Waals surface area (Å²) >= 11 is 0. The number of rotatable bonds is 3. The van der Waals surface area contributed by atoms with E-state index in [9.17, 15) is 13.2 Å². The largest absolute Gasteiger partial charge is 0.426 e. The molecular formula is C8H10N4O6S. The number of amides is 2. The van der Waals surface area contributed by atoms with Gasteiger partial charge in [0.1, 0.15) is 6.04 Å². The molecule has 19 heavy (non-hydrogen) atoms. The van der Waals surface area contributed by atoms with Crippen LogP contribution in [0.5, 0.6) is 0 Å². The fraction of sp³-hybridized carbons (Fsp3) is 0.625. The molecule has 2 atom stereocenters. The predicted molar refractivity (Wildman–Crippen MR) is 56.6 cm³/mol. The van der Waals surface area contributed by atoms with Crippen LogP contribution < -0.4 is 0 Å². The highest BCUT2D eigenvalue weighted by atomic mass is 32.3. The summed E-state index contributed by atoms with van der Waals surface area (Å²) in [5.74, 6) is 0.292. The van der Waals surface area contributed by atoms with Crippen LogP contribution in [0.2, 0.25) is 0 Å². The number of fused-ring (bicyclic) bond motifs is 2. The monoisotopic (exact) mass is 290 g/mol. The van der Waals surface area contributed by atoms with E-state index in [1.165, 1.54) is 4.90 Å². The zero-order valence-corrected chi connectivity index (χ0v) is 10.4. The fourth-order valence-electron chi connectivity index (χ4n) is 2.42. The van der Waals surface area contributed by atoms with Crippen molar-refractivity contribution in [1.82, 2.24) is 20.2 Å². The van der Waals surface area contributed by atoms with Gasteiger partial charge in [0.2, 0.25) is 12.3 Å². The first-order valence-electron chi connectivity index (χ1n) is 5.48. The average molecular weight is 290 g/mol. The highest BCUT2D eigenvalue weighted by Gasteiger charge is 2.48. The van der Waals surface area contributed by atoms with Gasteiger partial charge < -0.3 is 9.32 Å². The molecule has 0 aromatic carbocycles. The molecule has 104 valence electrons. The lowest BCUT2D eigenvalue weighted by Gasteiger charge is -2.27. The second kappa shape index (κ2) is 4.15. The molecule has 3 heterocycles. The van der Waals surface area contributed by atoms with Crippen molar-refractivity contribution in [2.45, 2.75) is 24.9 Å². The van der Waals surface area contributed by atoms with Gasteiger partial charge in [-0.2, -0.15) is 13.5 Å². The summed E-state index contributed by atoms with van der Waals surface area (Å²) in [5.41, 5.74) is 0. The highest BCUT2D eigenvalue weighted by molar-refractivity contribution is 7.80. The second-order valence-electron chi connectivity index (χ2n) is 4.29. The van der Waals surface area contributed by atoms with Crippen LogP contribution in [0, 0.1) is 0 Å². The molecule has 2 fully saturated rings. The normalized spacial score (nSPS) is 27.1. The summed E-state index contributed by atoms with van der Waals surface area (Å²) in [7, 11) is -4.72. The van der Waals surface area contributed by atoms with Crippen LogP contribution in [-0.2, 0) is 14.7 Å². The zero-order valence-electron chi connectivity index (χ0n) is 9.54. The standard InChI is InChI=1S/C8H10N4O6S/c13-8-11-3-5(12(8)18-19(14,15)16)1-2-6(11)7-10-9-4-17-7/h4-6H,1-3H2,(H,14,15,16)/t5-,6+/m1/s1. The molecule has 2 bridgehead atoms. The second-order valence-corrected chi connectivity index (χ2v) is 5.29. The number of carbonyl (C=O) groups excluding carboxylic acids is 1. The first-order chi connectivity index (χ1) is 8.96. The topological polar surface area (TPSA) is 126 Å². The summed E-state index contributed by atoms with van der Waals surface area (Å²) in [6, 6.07) is -1.47. The van der Waals surface area contributed by atoms with Gasteiger partial charge in [0.15, 0.2) is 0 Å². The fourth-order valence-corrected chi connectivity index (χ4v) is 2.80. The minimum Gasteiger partial charge on any atom is -0.426 e. The Hall–Kier alpha value is -1.72. The minimum atomic E-state index is -4.72. The number of aromatic nitrogens is 2. The molecule has 10 nitrogen and oxygen atoms in total. The van der Waals surface area contributed by atoms with Crippen LogP contribution in [0.25, 0.3) is 0 Å². The average Bonchev–Trinajstić information content (AvgIpc) is 2.93. The van der Waals surface area contributed by atoms with Crippen LogP contribution >= 0.6 is 0 Å². The number of carbonyl (C=O) groups is 1. The van der Waals surface area contributed by atoms with E-state index in [-0.39, 0.29) is 6.54 Å². The van der Waals surface area contributed by atoms with Crippen molar-refractivity contribution in [3.8, 4) is 0 Å². The van der Waals surface area contributed by atoms with Crippen molar-refractivity contribution in [3.63, 3.8) is 0 Å². The SMILES string of the molecule is O=C1N2C[C@@H](CC[C@H]2c2nnco2)N1OS(=O)(=O)O. The Bertz CT molecular complexity index is 586. The number of piperidine rings is 1. The van der Waals surface area contributed by atoms with E-state index in [0.717, 1.165) is 6.39 Å². The molecule has 2 aliphatic rings. The maximum Gasteiger partial charge on any atom is 0.418 e. The van der Waals surface area contributed by atoms with E-state index in [1.807, 2.05) is 0 Å². The first kappa shape index (κ1) is 12.3. The van der Waals surface area contributed by atoms with Gasteiger partial charge in [0.25, 0.3) is 0 Å². The van der Waals surface area contributed by atoms with Crippen molar-refractivity contribution in [1.29, 1.82) is 0 Å². The maximum atomic E-state index is 12.0. The lowest BCUT2D eigenvalue weighted by Crippen LogP contribution is -2.35. The van der Waals surface area contributed by atoms with E-state index in [1.54, 1.807) is 0 Å². The van der Waals surface area contributed by atoms with E-state index < -0.39 is 28.5 Å². The van der Waals surface area contributed by atoms with Gasteiger partial charge in [-0.15, -0.1) is 14.5 Å². The van der Waals surface area contributed by atoms with Gasteiger partial charge >= 0.3 is 16.4 Å². The molecule has 11 heteroatoms. The van der Waals surface area contributed by atoms with E-state index >= 15 is 0 Å². The third kappa shape index (κ3) is 2.15. The third-order valence-electron chi connectivity index (χ3n) is 3.16. The van der Waals surface area contributed by atoms with Gasteiger partial charge in [-0.05, 0) is 12.8 Å². The summed E-state index contributed by atoms with van der Waals surface area (Å²) in [5, 5.41) is 7.97. The molecule has 2 amide bonds. The number of nitrogens with zero attached hydrogens (tertiary/aromatic N) is 4. The molecule has 2 saturated heterocycles. The molecule has 1 N–H and O–H groups in total. The molecule has 0 unspecified atom stereocenters. The number of hydrogen-bond donors (Lipinski definition) is 1. The van der Waals surface area contributed by atoms with Crippen LogP contribution in [-0.4, -0.2) is 51.7 Å². The number of hydrogen-bond acceptors (Lipinski definition) is 7. The number of urea groups is 1. The van der Waals surface area contributed by atoms with Crippen molar-refractivity contribution in [3.05, 3.63) is 12.3 Å². The molecule has 0 spiro atoms. The summed E-state index contributed by atoms with van der Waals surface area (Å²) in [6.45, 7) is 0.279. The predicted octanol–water partition coefficient (Wildman–Crippen LogP) is -0.255. The molecule has 2 aliphatic heterocycles. The van der Waals surface area contributed by atoms with Crippen LogP contribution in [0.15, 0.2) is 10.8 Å². The lowest BCUT2D eigenvalue weighted by molar-refractivity contribution is -0.0317. The zero-order chi connectivity index (χ0) is 13.6. The highest BCUT2D eigenvalue weighted by Crippen LogP contribution is 2.37. The summed E-state index contributed by atoms with van der Waals surface area (Å²) in [4.78, 5) is 13.4. The smallest absolute Gasteiger partial charge is 0.418 e. The van der Waals surface area contributed by atoms with Gasteiger partial charge in [-0.3, -0.25) is 4.55 Å². The first-order valence-corrected chi connectivity index (χ1v) is 6.85. The minimum absolute atomic E-state index is 0.279. The van der Waals surface area contributed by atoms with Crippen molar-refractivity contribution in [2.24, 2.45) is 0 Å². The molecule has 3 rings (SSSR count). The molecule has 0 radical (unpaired) electrons. The molecule has 0 aliphatic carbocycles. The van der Waals surface area contributed by atoms with Gasteiger partial charge in [0.05, 0.1) is 6.04 Å². The van der Waals surface area contributed by atoms with Crippen LogP contribution in [0.1, 0.15) is 24.8 Å². The van der Waals surface area contributed by atoms with Crippen molar-refractivity contribution in [2.75, 3.05) is 6.54 Å². The summed E-state index contributed by atoms with van der Waals surface area (Å²) in [6.07, 6.45) is 2.21. The van der Waals surface area contributed by atoms with E-state index in [2.05, 4.69) is 14.5 Å². The molecular weight excluding hydrogens is 280 g/mol. The Morgan fingerprint density at radius 3 is 2.89 bits per heavy atom. The van der Waals surface area contributed by atoms with Crippen molar-refractivity contribution < 1.29 is 26.5 Å². The quantitative estimate of drug-likeness (QED) is 0.755. The Morgan fingerprint density at radius 1 is 1.47 bits per heavy atom. The number of hydroxylamine groups is 2. The van der Waals surface area contributed by atoms with Gasteiger partial charge in [-0.1, -0.05) is 0 Å². The lowest BCUT2D eigenvalue weighted by atomic mass is 10.0. The molecule has 1 aromatic rings. The molecule has 0 saturated carbocycles. The summed E-state index contributed by atoms with van der Waals surface area (Å²) < 4.78 is 39.4. The van der Waals surface area contributed by atoms with Crippen molar-refractivity contribution >= 4 is 16.4 Å². The van der Waals surface area contributed by atoms with E-state index in [4.69, 9.17) is 8.97 Å². The van der Waals surface area contributed by atoms with Gasteiger partial charge in [-0.25, -0.2) is 4.79 Å². The third-order valence-corrected chi connectivity index (χ3v) is 3.51. The Kier molecular flexibility index (Phi) is 2.69. The van der Waals surface area contributed by atoms with E-state index in [0.29, 0.717) is 23.8 Å². The van der Waals surface area contributed by atoms with Crippen LogP contribution in [0.3, 0.4) is 0 Å². The maximum absolute atomic E-state index is 12.0. The Labute approximate surface area is 107 Å². The Morgan fingerprint density at radius 2 is 2.26 bits per heavy atom. The van der Waals surface area contributed by atoms with Gasteiger partial charge in [0, 0.05) is 6.54 Å².